The molecular formula is C14H15Cl3N2. The third-order valence-corrected chi connectivity index (χ3v) is 4.64. The van der Waals surface area contributed by atoms with E-state index < -0.39 is 0 Å². The van der Waals surface area contributed by atoms with Gasteiger partial charge in [-0.05, 0) is 30.9 Å². The molecule has 3 rings (SSSR count). The lowest BCUT2D eigenvalue weighted by atomic mass is 10.2. The Morgan fingerprint density at radius 3 is 2.63 bits per heavy atom. The number of aryl methyl sites for hydroxylation is 1. The average Bonchev–Trinajstić information content (AvgIpc) is 3.15. The van der Waals surface area contributed by atoms with Crippen LogP contribution < -0.4 is 0 Å². The lowest BCUT2D eigenvalue weighted by Gasteiger charge is -2.07. The van der Waals surface area contributed by atoms with Crippen LogP contribution in [0, 0.1) is 5.92 Å². The van der Waals surface area contributed by atoms with Gasteiger partial charge in [0.25, 0.3) is 0 Å². The minimum Gasteiger partial charge on any atom is -0.327 e. The molecule has 1 aromatic carbocycles. The van der Waals surface area contributed by atoms with E-state index in [1.807, 2.05) is 12.1 Å². The van der Waals surface area contributed by atoms with E-state index in [1.54, 1.807) is 0 Å². The lowest BCUT2D eigenvalue weighted by Crippen LogP contribution is -2.02. The average molecular weight is 318 g/mol. The Kier molecular flexibility index (Phi) is 3.93. The maximum Gasteiger partial charge on any atom is 0.124 e. The number of hydrogen-bond donors (Lipinski definition) is 0. The molecule has 1 aliphatic rings. The number of hydrogen-bond acceptors (Lipinski definition) is 1. The van der Waals surface area contributed by atoms with E-state index in [4.69, 9.17) is 34.8 Å². The van der Waals surface area contributed by atoms with Crippen molar-refractivity contribution in [3.8, 4) is 0 Å². The Hall–Kier alpha value is -0.440. The zero-order valence-corrected chi connectivity index (χ0v) is 12.8. The number of aromatic nitrogens is 2. The van der Waals surface area contributed by atoms with Crippen molar-refractivity contribution in [2.24, 2.45) is 5.92 Å². The minimum absolute atomic E-state index is 0.410. The molecule has 0 bridgehead atoms. The topological polar surface area (TPSA) is 17.8 Å². The Balaban J connectivity index is 1.91. The first-order valence-electron chi connectivity index (χ1n) is 6.59. The molecule has 1 aromatic heterocycles. The molecule has 1 saturated carbocycles. The second-order valence-electron chi connectivity index (χ2n) is 5.15. The molecule has 1 heterocycles. The first-order valence-corrected chi connectivity index (χ1v) is 7.88. The summed E-state index contributed by atoms with van der Waals surface area (Å²) in [6, 6.07) is 3.70. The number of nitrogens with zero attached hydrogens (tertiary/aromatic N) is 2. The Bertz CT molecular complexity index is 602. The summed E-state index contributed by atoms with van der Waals surface area (Å²) in [6.45, 7) is 0.951. The van der Waals surface area contributed by atoms with Gasteiger partial charge in [0.15, 0.2) is 0 Å². The Morgan fingerprint density at radius 2 is 1.95 bits per heavy atom. The smallest absolute Gasteiger partial charge is 0.124 e. The first kappa shape index (κ1) is 13.5. The molecule has 1 fully saturated rings. The molecule has 0 aliphatic heterocycles. The van der Waals surface area contributed by atoms with Crippen molar-refractivity contribution in [1.29, 1.82) is 0 Å². The fraction of sp³-hybridized carbons (Fsp3) is 0.500. The van der Waals surface area contributed by atoms with E-state index in [1.165, 1.54) is 25.7 Å². The monoisotopic (exact) mass is 316 g/mol. The van der Waals surface area contributed by atoms with Crippen molar-refractivity contribution in [3.63, 3.8) is 0 Å². The van der Waals surface area contributed by atoms with Gasteiger partial charge in [0.1, 0.15) is 5.82 Å². The number of rotatable bonds is 5. The van der Waals surface area contributed by atoms with Crippen LogP contribution in [0.4, 0.5) is 0 Å². The van der Waals surface area contributed by atoms with E-state index >= 15 is 0 Å². The fourth-order valence-corrected chi connectivity index (χ4v) is 2.99. The van der Waals surface area contributed by atoms with Crippen LogP contribution in [0.1, 0.15) is 31.5 Å². The van der Waals surface area contributed by atoms with Gasteiger partial charge in [-0.15, -0.1) is 11.6 Å². The Labute approximate surface area is 127 Å². The molecular weight excluding hydrogens is 303 g/mol. The summed E-state index contributed by atoms with van der Waals surface area (Å²) in [4.78, 5) is 4.53. The van der Waals surface area contributed by atoms with Crippen LogP contribution in [-0.2, 0) is 12.4 Å². The minimum atomic E-state index is 0.410. The van der Waals surface area contributed by atoms with Crippen LogP contribution in [0.2, 0.25) is 10.0 Å². The number of fused-ring (bicyclic) bond motifs is 1. The van der Waals surface area contributed by atoms with Crippen molar-refractivity contribution in [2.45, 2.75) is 38.1 Å². The standard InChI is InChI=1S/C14H15Cl3N2/c15-8-14-18-12-6-10(16)11(17)7-13(12)19(14)5-1-2-9-3-4-9/h6-7,9H,1-5,8H2. The molecule has 0 unspecified atom stereocenters. The fourth-order valence-electron chi connectivity index (χ4n) is 2.47. The van der Waals surface area contributed by atoms with E-state index in [0.29, 0.717) is 15.9 Å². The van der Waals surface area contributed by atoms with Crippen molar-refractivity contribution in [1.82, 2.24) is 9.55 Å². The molecule has 1 aliphatic carbocycles. The van der Waals surface area contributed by atoms with Crippen molar-refractivity contribution >= 4 is 45.8 Å². The van der Waals surface area contributed by atoms with Crippen LogP contribution in [0.3, 0.4) is 0 Å². The lowest BCUT2D eigenvalue weighted by molar-refractivity contribution is 0.576. The molecule has 2 aromatic rings. The predicted molar refractivity (Wildman–Crippen MR) is 81.3 cm³/mol. The van der Waals surface area contributed by atoms with Crippen LogP contribution in [0.15, 0.2) is 12.1 Å². The summed E-state index contributed by atoms with van der Waals surface area (Å²) in [5.41, 5.74) is 1.90. The van der Waals surface area contributed by atoms with E-state index in [0.717, 1.165) is 29.3 Å². The maximum absolute atomic E-state index is 6.10. The normalized spacial score (nSPS) is 15.3. The molecule has 0 saturated heterocycles. The number of benzene rings is 1. The summed E-state index contributed by atoms with van der Waals surface area (Å²) < 4.78 is 2.17. The molecule has 0 amide bonds. The van der Waals surface area contributed by atoms with Gasteiger partial charge in [0, 0.05) is 6.54 Å². The van der Waals surface area contributed by atoms with Gasteiger partial charge < -0.3 is 4.57 Å². The summed E-state index contributed by atoms with van der Waals surface area (Å²) in [5, 5.41) is 1.11. The highest BCUT2D eigenvalue weighted by atomic mass is 35.5. The summed E-state index contributed by atoms with van der Waals surface area (Å²) in [5.74, 6) is 2.26. The summed E-state index contributed by atoms with van der Waals surface area (Å²) >= 11 is 18.1. The number of alkyl halides is 1. The second-order valence-corrected chi connectivity index (χ2v) is 6.24. The summed E-state index contributed by atoms with van der Waals surface area (Å²) in [6.07, 6.45) is 5.26. The van der Waals surface area contributed by atoms with Gasteiger partial charge in [-0.2, -0.15) is 0 Å². The molecule has 2 nitrogen and oxygen atoms in total. The Morgan fingerprint density at radius 1 is 1.21 bits per heavy atom. The summed E-state index contributed by atoms with van der Waals surface area (Å²) in [7, 11) is 0. The van der Waals surface area contributed by atoms with Gasteiger partial charge in [-0.25, -0.2) is 4.98 Å². The molecule has 19 heavy (non-hydrogen) atoms. The number of imidazole rings is 1. The first-order chi connectivity index (χ1) is 9.19. The zero-order chi connectivity index (χ0) is 13.4. The van der Waals surface area contributed by atoms with Crippen molar-refractivity contribution in [3.05, 3.63) is 28.0 Å². The molecule has 0 radical (unpaired) electrons. The van der Waals surface area contributed by atoms with Crippen LogP contribution in [-0.4, -0.2) is 9.55 Å². The molecule has 102 valence electrons. The number of halogens is 3. The third kappa shape index (κ3) is 2.86. The molecule has 0 spiro atoms. The van der Waals surface area contributed by atoms with Gasteiger partial charge in [0.2, 0.25) is 0 Å². The van der Waals surface area contributed by atoms with Gasteiger partial charge in [0.05, 0.1) is 27.0 Å². The van der Waals surface area contributed by atoms with Crippen LogP contribution in [0.5, 0.6) is 0 Å². The zero-order valence-electron chi connectivity index (χ0n) is 10.5. The van der Waals surface area contributed by atoms with E-state index in [9.17, 15) is 0 Å². The van der Waals surface area contributed by atoms with Gasteiger partial charge >= 0.3 is 0 Å². The molecule has 5 heteroatoms. The van der Waals surface area contributed by atoms with Crippen molar-refractivity contribution < 1.29 is 0 Å². The van der Waals surface area contributed by atoms with Crippen molar-refractivity contribution in [2.75, 3.05) is 0 Å². The van der Waals surface area contributed by atoms with Crippen LogP contribution in [0.25, 0.3) is 11.0 Å². The highest BCUT2D eigenvalue weighted by molar-refractivity contribution is 6.42. The largest absolute Gasteiger partial charge is 0.327 e. The molecule has 0 N–H and O–H groups in total. The predicted octanol–water partition coefficient (Wildman–Crippen LogP) is 5.27. The van der Waals surface area contributed by atoms with Gasteiger partial charge in [-0.1, -0.05) is 36.0 Å². The third-order valence-electron chi connectivity index (χ3n) is 3.68. The SMILES string of the molecule is ClCc1nc2cc(Cl)c(Cl)cc2n1CCCC1CC1. The molecule has 0 atom stereocenters. The highest BCUT2D eigenvalue weighted by Gasteiger charge is 2.20. The maximum atomic E-state index is 6.10. The van der Waals surface area contributed by atoms with E-state index in [-0.39, 0.29) is 0 Å². The highest BCUT2D eigenvalue weighted by Crippen LogP contribution is 2.34. The quantitative estimate of drug-likeness (QED) is 0.687. The second kappa shape index (κ2) is 5.51. The van der Waals surface area contributed by atoms with E-state index in [2.05, 4.69) is 9.55 Å². The van der Waals surface area contributed by atoms with Gasteiger partial charge in [-0.3, -0.25) is 0 Å². The van der Waals surface area contributed by atoms with Crippen LogP contribution >= 0.6 is 34.8 Å².